The Balaban J connectivity index is 1.71. The lowest BCUT2D eigenvalue weighted by atomic mass is 10.1. The van der Waals surface area contributed by atoms with Crippen molar-refractivity contribution in [2.75, 3.05) is 7.11 Å². The van der Waals surface area contributed by atoms with Crippen LogP contribution >= 0.6 is 0 Å². The summed E-state index contributed by atoms with van der Waals surface area (Å²) in [6.07, 6.45) is 1.79. The first-order valence-electron chi connectivity index (χ1n) is 9.23. The maximum atomic E-state index is 12.7. The third-order valence-electron chi connectivity index (χ3n) is 4.23. The molecule has 0 unspecified atom stereocenters. The molecule has 1 aromatic heterocycles. The Morgan fingerprint density at radius 2 is 1.82 bits per heavy atom. The molecule has 0 saturated heterocycles. The maximum Gasteiger partial charge on any atom is 0.251 e. The van der Waals surface area contributed by atoms with E-state index in [0.29, 0.717) is 22.9 Å². The third kappa shape index (κ3) is 4.52. The van der Waals surface area contributed by atoms with E-state index in [2.05, 4.69) is 15.3 Å². The van der Waals surface area contributed by atoms with Gasteiger partial charge in [0.1, 0.15) is 5.82 Å². The fourth-order valence-corrected chi connectivity index (χ4v) is 2.83. The van der Waals surface area contributed by atoms with E-state index in [1.165, 1.54) is 0 Å². The van der Waals surface area contributed by atoms with Crippen LogP contribution in [0.5, 0.6) is 11.5 Å². The zero-order valence-corrected chi connectivity index (χ0v) is 16.5. The number of rotatable bonds is 7. The second-order valence-corrected chi connectivity index (χ2v) is 6.78. The van der Waals surface area contributed by atoms with Crippen LogP contribution in [0.4, 0.5) is 0 Å². The predicted octanol–water partition coefficient (Wildman–Crippen LogP) is 4.36. The maximum absolute atomic E-state index is 12.7. The summed E-state index contributed by atoms with van der Waals surface area (Å²) in [5.41, 5.74) is 2.45. The van der Waals surface area contributed by atoms with Crippen molar-refractivity contribution in [3.05, 3.63) is 66.1 Å². The number of benzene rings is 2. The molecular formula is C22H25N3O3. The Kier molecular flexibility index (Phi) is 5.99. The summed E-state index contributed by atoms with van der Waals surface area (Å²) in [6, 6.07) is 14.8. The van der Waals surface area contributed by atoms with Gasteiger partial charge in [-0.25, -0.2) is 4.98 Å². The molecule has 6 nitrogen and oxygen atoms in total. The number of carbonyl (C=O) groups excluding carboxylic acids is 1. The summed E-state index contributed by atoms with van der Waals surface area (Å²) < 4.78 is 11.0. The molecule has 0 aliphatic carbocycles. The SMILES string of the molecule is COc1cc(C(=O)N[C@H](C)c2ncc(-c3ccccc3)[nH]2)ccc1OC(C)C. The Morgan fingerprint density at radius 1 is 1.07 bits per heavy atom. The summed E-state index contributed by atoms with van der Waals surface area (Å²) in [5, 5.41) is 2.96. The van der Waals surface area contributed by atoms with Crippen molar-refractivity contribution < 1.29 is 14.3 Å². The standard InChI is InChI=1S/C22H25N3O3/c1-14(2)28-19-11-10-17(12-20(19)27-4)22(26)24-15(3)21-23-13-18(25-21)16-8-6-5-7-9-16/h5-15H,1-4H3,(H,23,25)(H,24,26)/t15-/m1/s1. The number of aromatic amines is 1. The van der Waals surface area contributed by atoms with Crippen LogP contribution in [0.2, 0.25) is 0 Å². The highest BCUT2D eigenvalue weighted by molar-refractivity contribution is 5.95. The Morgan fingerprint density at radius 3 is 2.50 bits per heavy atom. The highest BCUT2D eigenvalue weighted by Gasteiger charge is 2.17. The van der Waals surface area contributed by atoms with Gasteiger partial charge in [0.25, 0.3) is 5.91 Å². The summed E-state index contributed by atoms with van der Waals surface area (Å²) in [7, 11) is 1.56. The smallest absolute Gasteiger partial charge is 0.251 e. The van der Waals surface area contributed by atoms with Crippen LogP contribution in [-0.4, -0.2) is 29.1 Å². The lowest BCUT2D eigenvalue weighted by Crippen LogP contribution is -2.27. The Labute approximate surface area is 164 Å². The average molecular weight is 379 g/mol. The molecule has 2 N–H and O–H groups in total. The average Bonchev–Trinajstić information content (AvgIpc) is 3.19. The molecule has 0 spiro atoms. The van der Waals surface area contributed by atoms with E-state index in [-0.39, 0.29) is 18.1 Å². The topological polar surface area (TPSA) is 76.2 Å². The van der Waals surface area contributed by atoms with Gasteiger partial charge in [-0.1, -0.05) is 30.3 Å². The molecule has 0 aliphatic rings. The molecule has 0 fully saturated rings. The summed E-state index contributed by atoms with van der Waals surface area (Å²) in [4.78, 5) is 20.3. The van der Waals surface area contributed by atoms with Crippen LogP contribution < -0.4 is 14.8 Å². The number of amides is 1. The van der Waals surface area contributed by atoms with Crippen LogP contribution in [0.1, 0.15) is 43.0 Å². The number of nitrogens with one attached hydrogen (secondary N) is 2. The highest BCUT2D eigenvalue weighted by atomic mass is 16.5. The van der Waals surface area contributed by atoms with Gasteiger partial charge < -0.3 is 19.8 Å². The van der Waals surface area contributed by atoms with Gasteiger partial charge in [0, 0.05) is 5.56 Å². The number of imidazole rings is 1. The third-order valence-corrected chi connectivity index (χ3v) is 4.23. The van der Waals surface area contributed by atoms with Crippen molar-refractivity contribution in [3.63, 3.8) is 0 Å². The fraction of sp³-hybridized carbons (Fsp3) is 0.273. The first-order valence-corrected chi connectivity index (χ1v) is 9.23. The number of carbonyl (C=O) groups is 1. The van der Waals surface area contributed by atoms with E-state index in [9.17, 15) is 4.79 Å². The van der Waals surface area contributed by atoms with E-state index in [1.807, 2.05) is 51.1 Å². The molecule has 1 atom stereocenters. The van der Waals surface area contributed by atoms with Crippen molar-refractivity contribution in [3.8, 4) is 22.8 Å². The van der Waals surface area contributed by atoms with Gasteiger partial charge in [-0.05, 0) is 44.5 Å². The fourth-order valence-electron chi connectivity index (χ4n) is 2.83. The molecule has 6 heteroatoms. The van der Waals surface area contributed by atoms with Gasteiger partial charge in [-0.15, -0.1) is 0 Å². The Hall–Kier alpha value is -3.28. The monoisotopic (exact) mass is 379 g/mol. The van der Waals surface area contributed by atoms with E-state index >= 15 is 0 Å². The van der Waals surface area contributed by atoms with Gasteiger partial charge in [0.15, 0.2) is 11.5 Å². The second-order valence-electron chi connectivity index (χ2n) is 6.78. The Bertz CT molecular complexity index is 935. The molecule has 0 radical (unpaired) electrons. The van der Waals surface area contributed by atoms with E-state index in [4.69, 9.17) is 9.47 Å². The molecule has 3 rings (SSSR count). The quantitative estimate of drug-likeness (QED) is 0.639. The van der Waals surface area contributed by atoms with Crippen LogP contribution in [0.3, 0.4) is 0 Å². The molecule has 0 bridgehead atoms. The minimum absolute atomic E-state index is 0.0198. The van der Waals surface area contributed by atoms with Crippen molar-refractivity contribution in [2.24, 2.45) is 0 Å². The number of H-pyrrole nitrogens is 1. The van der Waals surface area contributed by atoms with Gasteiger partial charge >= 0.3 is 0 Å². The lowest BCUT2D eigenvalue weighted by Gasteiger charge is -2.15. The van der Waals surface area contributed by atoms with E-state index < -0.39 is 0 Å². The van der Waals surface area contributed by atoms with Crippen molar-refractivity contribution in [2.45, 2.75) is 32.9 Å². The first-order chi connectivity index (χ1) is 13.5. The summed E-state index contributed by atoms with van der Waals surface area (Å²) >= 11 is 0. The van der Waals surface area contributed by atoms with Crippen LogP contribution in [-0.2, 0) is 0 Å². The second kappa shape index (κ2) is 8.61. The molecule has 1 heterocycles. The zero-order valence-electron chi connectivity index (χ0n) is 16.5. The largest absolute Gasteiger partial charge is 0.493 e. The summed E-state index contributed by atoms with van der Waals surface area (Å²) in [5.74, 6) is 1.62. The van der Waals surface area contributed by atoms with Gasteiger partial charge in [0.05, 0.1) is 31.1 Å². The molecule has 146 valence electrons. The van der Waals surface area contributed by atoms with Crippen LogP contribution in [0.25, 0.3) is 11.3 Å². The number of ether oxygens (including phenoxy) is 2. The molecular weight excluding hydrogens is 354 g/mol. The molecule has 0 aliphatic heterocycles. The van der Waals surface area contributed by atoms with Crippen LogP contribution in [0.15, 0.2) is 54.7 Å². The normalized spacial score (nSPS) is 11.9. The number of nitrogens with zero attached hydrogens (tertiary/aromatic N) is 1. The zero-order chi connectivity index (χ0) is 20.1. The first kappa shape index (κ1) is 19.5. The summed E-state index contributed by atoms with van der Waals surface area (Å²) in [6.45, 7) is 5.77. The lowest BCUT2D eigenvalue weighted by molar-refractivity contribution is 0.0938. The number of hydrogen-bond acceptors (Lipinski definition) is 4. The van der Waals surface area contributed by atoms with Crippen molar-refractivity contribution in [1.29, 1.82) is 0 Å². The van der Waals surface area contributed by atoms with Gasteiger partial charge in [-0.3, -0.25) is 4.79 Å². The van der Waals surface area contributed by atoms with E-state index in [1.54, 1.807) is 31.5 Å². The molecule has 28 heavy (non-hydrogen) atoms. The molecule has 3 aromatic rings. The highest BCUT2D eigenvalue weighted by Crippen LogP contribution is 2.29. The number of aromatic nitrogens is 2. The van der Waals surface area contributed by atoms with Gasteiger partial charge in [-0.2, -0.15) is 0 Å². The van der Waals surface area contributed by atoms with E-state index in [0.717, 1.165) is 11.3 Å². The predicted molar refractivity (Wildman–Crippen MR) is 109 cm³/mol. The minimum atomic E-state index is -0.275. The van der Waals surface area contributed by atoms with Gasteiger partial charge in [0.2, 0.25) is 0 Å². The number of hydrogen-bond donors (Lipinski definition) is 2. The van der Waals surface area contributed by atoms with Crippen molar-refractivity contribution >= 4 is 5.91 Å². The molecule has 1 amide bonds. The van der Waals surface area contributed by atoms with Crippen molar-refractivity contribution in [1.82, 2.24) is 15.3 Å². The molecule has 0 saturated carbocycles. The molecule has 2 aromatic carbocycles. The van der Waals surface area contributed by atoms with Crippen LogP contribution in [0, 0.1) is 0 Å². The number of methoxy groups -OCH3 is 1. The minimum Gasteiger partial charge on any atom is -0.493 e.